The first-order chi connectivity index (χ1) is 4.83. The van der Waals surface area contributed by atoms with Gasteiger partial charge in [-0.1, -0.05) is 12.1 Å². The van der Waals surface area contributed by atoms with Crippen LogP contribution in [0, 0.1) is 0 Å². The number of hydrogen-bond donors (Lipinski definition) is 0. The Kier molecular flexibility index (Phi) is 2.68. The SMILES string of the molecule is CC/C(C)=N/OCC1CO1. The van der Waals surface area contributed by atoms with Crippen molar-refractivity contribution in [2.75, 3.05) is 13.2 Å². The van der Waals surface area contributed by atoms with Crippen LogP contribution in [0.4, 0.5) is 0 Å². The van der Waals surface area contributed by atoms with Gasteiger partial charge in [-0.15, -0.1) is 0 Å². The van der Waals surface area contributed by atoms with Gasteiger partial charge in [-0.25, -0.2) is 0 Å². The smallest absolute Gasteiger partial charge is 0.145 e. The van der Waals surface area contributed by atoms with Crippen molar-refractivity contribution in [2.24, 2.45) is 5.16 Å². The van der Waals surface area contributed by atoms with Crippen molar-refractivity contribution in [3.8, 4) is 0 Å². The quantitative estimate of drug-likeness (QED) is 0.336. The van der Waals surface area contributed by atoms with Gasteiger partial charge in [0.15, 0.2) is 0 Å². The molecule has 0 bridgehead atoms. The van der Waals surface area contributed by atoms with E-state index in [4.69, 9.17) is 9.57 Å². The van der Waals surface area contributed by atoms with Crippen molar-refractivity contribution in [2.45, 2.75) is 26.4 Å². The van der Waals surface area contributed by atoms with E-state index in [-0.39, 0.29) is 0 Å². The Balaban J connectivity index is 2.01. The van der Waals surface area contributed by atoms with Crippen LogP contribution in [-0.2, 0) is 9.57 Å². The van der Waals surface area contributed by atoms with E-state index in [1.807, 2.05) is 6.92 Å². The minimum Gasteiger partial charge on any atom is -0.393 e. The maximum Gasteiger partial charge on any atom is 0.145 e. The average molecular weight is 143 g/mol. The van der Waals surface area contributed by atoms with Gasteiger partial charge >= 0.3 is 0 Å². The topological polar surface area (TPSA) is 34.1 Å². The van der Waals surface area contributed by atoms with E-state index in [1.54, 1.807) is 0 Å². The van der Waals surface area contributed by atoms with E-state index in [0.717, 1.165) is 18.7 Å². The Morgan fingerprint density at radius 2 is 2.50 bits per heavy atom. The molecule has 1 fully saturated rings. The third-order valence-electron chi connectivity index (χ3n) is 1.39. The Morgan fingerprint density at radius 3 is 3.00 bits per heavy atom. The van der Waals surface area contributed by atoms with E-state index >= 15 is 0 Å². The maximum atomic E-state index is 4.97. The standard InChI is InChI=1S/C7H13NO2/c1-3-6(2)8-10-5-7-4-9-7/h7H,3-5H2,1-2H3/b8-6+. The molecule has 0 aromatic rings. The number of hydrogen-bond acceptors (Lipinski definition) is 3. The molecule has 0 spiro atoms. The van der Waals surface area contributed by atoms with Crippen LogP contribution in [-0.4, -0.2) is 25.0 Å². The fourth-order valence-electron chi connectivity index (χ4n) is 0.459. The van der Waals surface area contributed by atoms with Gasteiger partial charge in [-0.2, -0.15) is 0 Å². The van der Waals surface area contributed by atoms with Crippen LogP contribution < -0.4 is 0 Å². The van der Waals surface area contributed by atoms with Crippen LogP contribution in [0.25, 0.3) is 0 Å². The van der Waals surface area contributed by atoms with Gasteiger partial charge in [-0.05, 0) is 13.3 Å². The third kappa shape index (κ3) is 2.82. The van der Waals surface area contributed by atoms with Gasteiger partial charge in [0.2, 0.25) is 0 Å². The van der Waals surface area contributed by atoms with Crippen LogP contribution in [0.15, 0.2) is 5.16 Å². The fraction of sp³-hybridized carbons (Fsp3) is 0.857. The van der Waals surface area contributed by atoms with Crippen molar-refractivity contribution < 1.29 is 9.57 Å². The van der Waals surface area contributed by atoms with Crippen molar-refractivity contribution in [3.05, 3.63) is 0 Å². The summed E-state index contributed by atoms with van der Waals surface area (Å²) in [6, 6.07) is 0. The number of rotatable bonds is 4. The van der Waals surface area contributed by atoms with E-state index in [9.17, 15) is 0 Å². The molecule has 1 heterocycles. The van der Waals surface area contributed by atoms with Crippen molar-refractivity contribution in [1.82, 2.24) is 0 Å². The molecular formula is C7H13NO2. The monoisotopic (exact) mass is 143 g/mol. The Morgan fingerprint density at radius 1 is 1.80 bits per heavy atom. The lowest BCUT2D eigenvalue weighted by molar-refractivity contribution is 0.124. The zero-order valence-corrected chi connectivity index (χ0v) is 6.46. The van der Waals surface area contributed by atoms with E-state index in [1.165, 1.54) is 0 Å². The lowest BCUT2D eigenvalue weighted by Gasteiger charge is -1.95. The molecule has 3 heteroatoms. The molecule has 0 amide bonds. The van der Waals surface area contributed by atoms with Crippen molar-refractivity contribution in [3.63, 3.8) is 0 Å². The summed E-state index contributed by atoms with van der Waals surface area (Å²) in [5.41, 5.74) is 1.03. The van der Waals surface area contributed by atoms with Crippen LogP contribution in [0.2, 0.25) is 0 Å². The third-order valence-corrected chi connectivity index (χ3v) is 1.39. The van der Waals surface area contributed by atoms with Gasteiger partial charge < -0.3 is 9.57 Å². The zero-order chi connectivity index (χ0) is 7.40. The first-order valence-corrected chi connectivity index (χ1v) is 3.60. The van der Waals surface area contributed by atoms with Crippen molar-refractivity contribution in [1.29, 1.82) is 0 Å². The predicted octanol–water partition coefficient (Wildman–Crippen LogP) is 1.19. The summed E-state index contributed by atoms with van der Waals surface area (Å²) in [5, 5.41) is 3.86. The molecule has 0 N–H and O–H groups in total. The van der Waals surface area contributed by atoms with Gasteiger partial charge in [0.05, 0.1) is 12.3 Å². The second-order valence-corrected chi connectivity index (χ2v) is 2.43. The largest absolute Gasteiger partial charge is 0.393 e. The summed E-state index contributed by atoms with van der Waals surface area (Å²) in [7, 11) is 0. The molecule has 1 aliphatic heterocycles. The first kappa shape index (κ1) is 7.54. The lowest BCUT2D eigenvalue weighted by atomic mass is 10.3. The van der Waals surface area contributed by atoms with Crippen molar-refractivity contribution >= 4 is 5.71 Å². The molecule has 0 saturated carbocycles. The minimum absolute atomic E-state index is 0.313. The molecule has 58 valence electrons. The minimum atomic E-state index is 0.313. The summed E-state index contributed by atoms with van der Waals surface area (Å²) in [6.07, 6.45) is 1.26. The molecule has 1 saturated heterocycles. The van der Waals surface area contributed by atoms with Crippen LogP contribution in [0.5, 0.6) is 0 Å². The Hall–Kier alpha value is -0.570. The normalized spacial score (nSPS) is 24.6. The second-order valence-electron chi connectivity index (χ2n) is 2.43. The molecule has 1 aliphatic rings. The highest BCUT2D eigenvalue weighted by atomic mass is 16.7. The summed E-state index contributed by atoms with van der Waals surface area (Å²) in [5.74, 6) is 0. The lowest BCUT2D eigenvalue weighted by Crippen LogP contribution is -1.98. The molecular weight excluding hydrogens is 130 g/mol. The number of nitrogens with zero attached hydrogens (tertiary/aromatic N) is 1. The van der Waals surface area contributed by atoms with Crippen LogP contribution >= 0.6 is 0 Å². The van der Waals surface area contributed by atoms with Crippen LogP contribution in [0.1, 0.15) is 20.3 Å². The zero-order valence-electron chi connectivity index (χ0n) is 6.46. The van der Waals surface area contributed by atoms with Gasteiger partial charge in [0.1, 0.15) is 12.7 Å². The summed E-state index contributed by atoms with van der Waals surface area (Å²) < 4.78 is 4.93. The van der Waals surface area contributed by atoms with E-state index in [0.29, 0.717) is 12.7 Å². The number of ether oxygens (including phenoxy) is 1. The van der Waals surface area contributed by atoms with Gasteiger partial charge in [0.25, 0.3) is 0 Å². The van der Waals surface area contributed by atoms with Crippen LogP contribution in [0.3, 0.4) is 0 Å². The van der Waals surface area contributed by atoms with Gasteiger partial charge in [0, 0.05) is 0 Å². The molecule has 0 radical (unpaired) electrons. The summed E-state index contributed by atoms with van der Waals surface area (Å²) in [6.45, 7) is 5.45. The molecule has 0 aliphatic carbocycles. The summed E-state index contributed by atoms with van der Waals surface area (Å²) in [4.78, 5) is 4.97. The molecule has 1 rings (SSSR count). The molecule has 10 heavy (non-hydrogen) atoms. The van der Waals surface area contributed by atoms with Gasteiger partial charge in [-0.3, -0.25) is 0 Å². The highest BCUT2D eigenvalue weighted by molar-refractivity contribution is 5.80. The van der Waals surface area contributed by atoms with E-state index in [2.05, 4.69) is 12.1 Å². The first-order valence-electron chi connectivity index (χ1n) is 3.60. The maximum absolute atomic E-state index is 4.97. The summed E-state index contributed by atoms with van der Waals surface area (Å²) >= 11 is 0. The van der Waals surface area contributed by atoms with E-state index < -0.39 is 0 Å². The molecule has 0 aromatic carbocycles. The average Bonchev–Trinajstić information content (AvgIpc) is 2.71. The Bertz CT molecular complexity index is 130. The highest BCUT2D eigenvalue weighted by Crippen LogP contribution is 2.08. The molecule has 3 nitrogen and oxygen atoms in total. The molecule has 1 atom stereocenters. The molecule has 0 aromatic heterocycles. The second kappa shape index (κ2) is 3.56. The highest BCUT2D eigenvalue weighted by Gasteiger charge is 2.22. The fourth-order valence-corrected chi connectivity index (χ4v) is 0.459. The predicted molar refractivity (Wildman–Crippen MR) is 39.1 cm³/mol. The number of oxime groups is 1. The molecule has 1 unspecified atom stereocenters. The number of epoxide rings is 1. The Labute approximate surface area is 61.0 Å².